The molecule has 5 atom stereocenters. The summed E-state index contributed by atoms with van der Waals surface area (Å²) in [7, 11) is -1.81. The fourth-order valence-corrected chi connectivity index (χ4v) is 9.51. The van der Waals surface area contributed by atoms with Crippen molar-refractivity contribution in [1.82, 2.24) is 0 Å². The largest absolute Gasteiger partial charge is 0.481 e. The summed E-state index contributed by atoms with van der Waals surface area (Å²) in [5.74, 6) is 0.260. The van der Waals surface area contributed by atoms with Crippen molar-refractivity contribution < 1.29 is 14.3 Å². The van der Waals surface area contributed by atoms with E-state index in [2.05, 4.69) is 67.6 Å². The van der Waals surface area contributed by atoms with Gasteiger partial charge >= 0.3 is 5.97 Å². The molecule has 3 nitrogen and oxygen atoms in total. The maximum atomic E-state index is 11.5. The van der Waals surface area contributed by atoms with Crippen LogP contribution in [0, 0.1) is 28.1 Å². The van der Waals surface area contributed by atoms with Gasteiger partial charge in [0.1, 0.15) is 0 Å². The first kappa shape index (κ1) is 25.2. The predicted molar refractivity (Wildman–Crippen MR) is 139 cm³/mol. The molecule has 0 saturated heterocycles. The SMILES string of the molecule is CC1(C)C(O[Si](C)(C)C(C)(C)C)CC[C@]2(C)C3=C(CCC12)C1=CCC(CC(=O)O)[C@@]1(C)CC3. The van der Waals surface area contributed by atoms with Crippen LogP contribution in [0.4, 0.5) is 0 Å². The van der Waals surface area contributed by atoms with E-state index in [1.807, 2.05) is 0 Å². The Morgan fingerprint density at radius 3 is 2.36 bits per heavy atom. The molecular formula is C29H48O3Si. The molecular weight excluding hydrogens is 424 g/mol. The van der Waals surface area contributed by atoms with Gasteiger partial charge in [-0.15, -0.1) is 0 Å². The van der Waals surface area contributed by atoms with E-state index in [4.69, 9.17) is 4.43 Å². The Morgan fingerprint density at radius 1 is 1.09 bits per heavy atom. The lowest BCUT2D eigenvalue weighted by molar-refractivity contribution is -0.138. The van der Waals surface area contributed by atoms with E-state index in [0.717, 1.165) is 32.1 Å². The molecule has 0 aromatic heterocycles. The molecule has 0 radical (unpaired) electrons. The highest BCUT2D eigenvalue weighted by molar-refractivity contribution is 6.74. The average molecular weight is 473 g/mol. The minimum Gasteiger partial charge on any atom is -0.481 e. The van der Waals surface area contributed by atoms with Crippen molar-refractivity contribution in [2.45, 2.75) is 124 Å². The standard InChI is InChI=1S/C29H48O3Si/c1-26(2,3)33(8,9)32-24-15-17-29(7)22-14-16-28(6)19(18-25(30)31)10-12-21(28)20(22)11-13-23(29)27(24,4)5/h12,19,23-24H,10-11,13-18H2,1-9H3,(H,30,31)/t19?,23?,24?,28-,29-/m1/s1. The molecule has 0 heterocycles. The molecule has 4 aliphatic carbocycles. The van der Waals surface area contributed by atoms with Crippen LogP contribution in [0.2, 0.25) is 18.1 Å². The van der Waals surface area contributed by atoms with Crippen LogP contribution in [-0.2, 0) is 9.22 Å². The van der Waals surface area contributed by atoms with Gasteiger partial charge < -0.3 is 9.53 Å². The zero-order valence-electron chi connectivity index (χ0n) is 22.7. The highest BCUT2D eigenvalue weighted by Crippen LogP contribution is 2.66. The minimum absolute atomic E-state index is 0.0542. The van der Waals surface area contributed by atoms with E-state index < -0.39 is 14.3 Å². The Balaban J connectivity index is 1.63. The van der Waals surface area contributed by atoms with Gasteiger partial charge in [-0.05, 0) is 102 Å². The normalized spacial score (nSPS) is 38.3. The summed E-state index contributed by atoms with van der Waals surface area (Å²) in [6, 6.07) is 0. The third-order valence-corrected chi connectivity index (χ3v) is 15.7. The van der Waals surface area contributed by atoms with Crippen LogP contribution in [0.3, 0.4) is 0 Å². The molecule has 1 saturated carbocycles. The second-order valence-electron chi connectivity index (χ2n) is 14.3. The van der Waals surface area contributed by atoms with Gasteiger partial charge in [0, 0.05) is 6.42 Å². The molecule has 0 aliphatic heterocycles. The molecule has 4 heteroatoms. The van der Waals surface area contributed by atoms with Gasteiger partial charge in [-0.25, -0.2) is 0 Å². The molecule has 0 spiro atoms. The Hall–Kier alpha value is -0.873. The van der Waals surface area contributed by atoms with E-state index in [1.165, 1.54) is 18.4 Å². The number of allylic oxidation sites excluding steroid dienone is 4. The van der Waals surface area contributed by atoms with Crippen molar-refractivity contribution in [3.63, 3.8) is 0 Å². The van der Waals surface area contributed by atoms with Crippen LogP contribution >= 0.6 is 0 Å². The monoisotopic (exact) mass is 472 g/mol. The fraction of sp³-hybridized carbons (Fsp3) is 0.828. The average Bonchev–Trinajstić information content (AvgIpc) is 2.99. The highest BCUT2D eigenvalue weighted by Gasteiger charge is 2.58. The van der Waals surface area contributed by atoms with Crippen LogP contribution in [0.15, 0.2) is 22.8 Å². The van der Waals surface area contributed by atoms with Gasteiger partial charge in [0.25, 0.3) is 0 Å². The van der Waals surface area contributed by atoms with Crippen LogP contribution in [-0.4, -0.2) is 25.5 Å². The Kier molecular flexibility index (Phi) is 5.97. The predicted octanol–water partition coefficient (Wildman–Crippen LogP) is 8.13. The zero-order valence-corrected chi connectivity index (χ0v) is 23.7. The summed E-state index contributed by atoms with van der Waals surface area (Å²) in [5, 5.41) is 9.71. The lowest BCUT2D eigenvalue weighted by Crippen LogP contribution is -2.57. The summed E-state index contributed by atoms with van der Waals surface area (Å²) in [5.41, 5.74) is 5.33. The van der Waals surface area contributed by atoms with Crippen LogP contribution < -0.4 is 0 Å². The minimum atomic E-state index is -1.81. The number of carboxylic acids is 1. The van der Waals surface area contributed by atoms with Gasteiger partial charge in [-0.1, -0.05) is 60.1 Å². The third-order valence-electron chi connectivity index (χ3n) is 11.2. The quantitative estimate of drug-likeness (QED) is 0.420. The summed E-state index contributed by atoms with van der Waals surface area (Å²) < 4.78 is 7.08. The summed E-state index contributed by atoms with van der Waals surface area (Å²) >= 11 is 0. The van der Waals surface area contributed by atoms with Crippen LogP contribution in [0.5, 0.6) is 0 Å². The molecule has 0 bridgehead atoms. The second-order valence-corrected chi connectivity index (χ2v) is 19.0. The first-order valence-corrected chi connectivity index (χ1v) is 16.3. The van der Waals surface area contributed by atoms with Gasteiger partial charge in [0.05, 0.1) is 6.10 Å². The molecule has 0 amide bonds. The molecule has 1 fully saturated rings. The van der Waals surface area contributed by atoms with E-state index >= 15 is 0 Å². The first-order valence-electron chi connectivity index (χ1n) is 13.4. The molecule has 4 aliphatic rings. The molecule has 0 aromatic rings. The van der Waals surface area contributed by atoms with Crippen molar-refractivity contribution >= 4 is 14.3 Å². The first-order chi connectivity index (χ1) is 15.0. The van der Waals surface area contributed by atoms with E-state index in [9.17, 15) is 9.90 Å². The summed E-state index contributed by atoms with van der Waals surface area (Å²) in [4.78, 5) is 11.5. The third kappa shape index (κ3) is 3.82. The lowest BCUT2D eigenvalue weighted by atomic mass is 9.46. The smallest absolute Gasteiger partial charge is 0.303 e. The van der Waals surface area contributed by atoms with Gasteiger partial charge in [0.2, 0.25) is 0 Å². The van der Waals surface area contributed by atoms with E-state index in [0.29, 0.717) is 18.4 Å². The number of rotatable bonds is 4. The summed E-state index contributed by atoms with van der Waals surface area (Å²) in [6.45, 7) is 21.7. The van der Waals surface area contributed by atoms with Crippen molar-refractivity contribution in [1.29, 1.82) is 0 Å². The van der Waals surface area contributed by atoms with Crippen molar-refractivity contribution in [3.05, 3.63) is 22.8 Å². The van der Waals surface area contributed by atoms with Gasteiger partial charge in [0.15, 0.2) is 8.32 Å². The van der Waals surface area contributed by atoms with Crippen LogP contribution in [0.25, 0.3) is 0 Å². The van der Waals surface area contributed by atoms with E-state index in [-0.39, 0.29) is 27.2 Å². The number of carbonyl (C=O) groups is 1. The van der Waals surface area contributed by atoms with Gasteiger partial charge in [-0.2, -0.15) is 0 Å². The topological polar surface area (TPSA) is 46.5 Å². The molecule has 33 heavy (non-hydrogen) atoms. The van der Waals surface area contributed by atoms with Crippen molar-refractivity contribution in [3.8, 4) is 0 Å². The molecule has 3 unspecified atom stereocenters. The van der Waals surface area contributed by atoms with Crippen molar-refractivity contribution in [2.75, 3.05) is 0 Å². The number of carboxylic acid groups (broad SMARTS) is 1. The van der Waals surface area contributed by atoms with Gasteiger partial charge in [-0.3, -0.25) is 4.79 Å². The molecule has 4 rings (SSSR count). The maximum absolute atomic E-state index is 11.5. The van der Waals surface area contributed by atoms with Crippen LogP contribution in [0.1, 0.15) is 99.8 Å². The lowest BCUT2D eigenvalue weighted by Gasteiger charge is -2.61. The Morgan fingerprint density at radius 2 is 1.76 bits per heavy atom. The maximum Gasteiger partial charge on any atom is 0.303 e. The van der Waals surface area contributed by atoms with E-state index in [1.54, 1.807) is 11.1 Å². The Bertz CT molecular complexity index is 889. The number of aliphatic carboxylic acids is 1. The summed E-state index contributed by atoms with van der Waals surface area (Å²) in [6.07, 6.45) is 11.0. The zero-order chi connectivity index (χ0) is 24.6. The van der Waals surface area contributed by atoms with Crippen molar-refractivity contribution in [2.24, 2.45) is 28.1 Å². The number of hydrogen-bond donors (Lipinski definition) is 1. The number of hydrogen-bond acceptors (Lipinski definition) is 2. The molecule has 0 aromatic carbocycles. The molecule has 186 valence electrons. The number of fused-ring (bicyclic) bond motifs is 4. The highest BCUT2D eigenvalue weighted by atomic mass is 28.4. The Labute approximate surface area is 203 Å². The fourth-order valence-electron chi connectivity index (χ4n) is 8.02. The second kappa shape index (κ2) is 7.81. The molecule has 1 N–H and O–H groups in total.